The van der Waals surface area contributed by atoms with Gasteiger partial charge < -0.3 is 10.0 Å². The van der Waals surface area contributed by atoms with Gasteiger partial charge >= 0.3 is 5.97 Å². The van der Waals surface area contributed by atoms with E-state index in [1.165, 1.54) is 0 Å². The summed E-state index contributed by atoms with van der Waals surface area (Å²) in [7, 11) is 1.82. The predicted octanol–water partition coefficient (Wildman–Crippen LogP) is 2.05. The molecule has 1 aliphatic carbocycles. The number of carboxylic acids is 1. The minimum absolute atomic E-state index is 0.352. The highest BCUT2D eigenvalue weighted by Gasteiger charge is 2.34. The van der Waals surface area contributed by atoms with Gasteiger partial charge in [-0.1, -0.05) is 13.8 Å². The number of carbonyl (C=O) groups is 1. The lowest BCUT2D eigenvalue weighted by Gasteiger charge is -2.27. The van der Waals surface area contributed by atoms with E-state index in [1.54, 1.807) is 11.6 Å². The Labute approximate surface area is 107 Å². The van der Waals surface area contributed by atoms with Crippen LogP contribution in [0, 0.1) is 12.8 Å². The van der Waals surface area contributed by atoms with Crippen molar-refractivity contribution < 1.29 is 9.90 Å². The molecule has 0 spiro atoms. The molecule has 0 saturated heterocycles. The quantitative estimate of drug-likeness (QED) is 0.870. The molecule has 18 heavy (non-hydrogen) atoms. The van der Waals surface area contributed by atoms with E-state index in [2.05, 4.69) is 23.8 Å². The normalized spacial score (nSPS) is 15.2. The first-order valence-electron chi connectivity index (χ1n) is 6.45. The van der Waals surface area contributed by atoms with Crippen molar-refractivity contribution >= 4 is 11.8 Å². The Morgan fingerprint density at radius 2 is 2.17 bits per heavy atom. The Balaban J connectivity index is 2.43. The summed E-state index contributed by atoms with van der Waals surface area (Å²) in [6.45, 7) is 6.94. The zero-order chi connectivity index (χ0) is 13.4. The topological polar surface area (TPSA) is 58.4 Å². The molecule has 0 atom stereocenters. The number of anilines is 1. The van der Waals surface area contributed by atoms with Crippen LogP contribution in [0.15, 0.2) is 0 Å². The second-order valence-corrected chi connectivity index (χ2v) is 5.49. The number of aromatic nitrogens is 2. The number of nitrogens with zero attached hydrogens (tertiary/aromatic N) is 3. The van der Waals surface area contributed by atoms with Crippen LogP contribution in [0.4, 0.5) is 5.82 Å². The fourth-order valence-corrected chi connectivity index (χ4v) is 2.41. The van der Waals surface area contributed by atoms with Crippen molar-refractivity contribution in [2.24, 2.45) is 13.0 Å². The Morgan fingerprint density at radius 3 is 2.61 bits per heavy atom. The molecule has 1 saturated carbocycles. The summed E-state index contributed by atoms with van der Waals surface area (Å²) in [5.74, 6) is 0.378. The van der Waals surface area contributed by atoms with Crippen molar-refractivity contribution in [1.29, 1.82) is 0 Å². The summed E-state index contributed by atoms with van der Waals surface area (Å²) in [5.41, 5.74) is 0.944. The van der Waals surface area contributed by atoms with Crippen LogP contribution < -0.4 is 4.90 Å². The van der Waals surface area contributed by atoms with Crippen molar-refractivity contribution in [3.8, 4) is 0 Å². The van der Waals surface area contributed by atoms with Gasteiger partial charge in [0.1, 0.15) is 11.4 Å². The lowest BCUT2D eigenvalue weighted by Crippen LogP contribution is -2.32. The first-order valence-corrected chi connectivity index (χ1v) is 6.45. The fraction of sp³-hybridized carbons (Fsp3) is 0.692. The molecule has 0 radical (unpaired) electrons. The van der Waals surface area contributed by atoms with E-state index < -0.39 is 5.97 Å². The smallest absolute Gasteiger partial charge is 0.341 e. The number of rotatable bonds is 5. The van der Waals surface area contributed by atoms with Gasteiger partial charge in [0.25, 0.3) is 0 Å². The van der Waals surface area contributed by atoms with Crippen LogP contribution in [0.3, 0.4) is 0 Å². The van der Waals surface area contributed by atoms with Crippen LogP contribution in [0.25, 0.3) is 0 Å². The number of hydrogen-bond donors (Lipinski definition) is 1. The molecule has 0 bridgehead atoms. The Hall–Kier alpha value is -1.52. The van der Waals surface area contributed by atoms with Gasteiger partial charge in [-0.2, -0.15) is 5.10 Å². The summed E-state index contributed by atoms with van der Waals surface area (Å²) in [5, 5.41) is 13.6. The number of hydrogen-bond acceptors (Lipinski definition) is 3. The van der Waals surface area contributed by atoms with Crippen LogP contribution >= 0.6 is 0 Å². The van der Waals surface area contributed by atoms with Crippen molar-refractivity contribution in [1.82, 2.24) is 9.78 Å². The van der Waals surface area contributed by atoms with E-state index in [0.29, 0.717) is 23.2 Å². The van der Waals surface area contributed by atoms with Gasteiger partial charge in [-0.05, 0) is 25.7 Å². The predicted molar refractivity (Wildman–Crippen MR) is 70.1 cm³/mol. The Kier molecular flexibility index (Phi) is 3.32. The van der Waals surface area contributed by atoms with Gasteiger partial charge in [-0.15, -0.1) is 0 Å². The zero-order valence-electron chi connectivity index (χ0n) is 11.5. The molecule has 0 aromatic carbocycles. The van der Waals surface area contributed by atoms with Crippen molar-refractivity contribution in [3.05, 3.63) is 11.3 Å². The lowest BCUT2D eigenvalue weighted by molar-refractivity contribution is 0.0696. The van der Waals surface area contributed by atoms with Gasteiger partial charge in [0.2, 0.25) is 0 Å². The standard InChI is InChI=1S/C13H21N3O2/c1-8(2)7-16(10-5-6-10)12-11(13(17)18)9(3)14-15(12)4/h8,10H,5-7H2,1-4H3,(H,17,18). The number of aromatic carboxylic acids is 1. The van der Waals surface area contributed by atoms with Crippen LogP contribution in [0.1, 0.15) is 42.7 Å². The molecule has 100 valence electrons. The lowest BCUT2D eigenvalue weighted by atomic mass is 10.1. The Bertz CT molecular complexity index is 461. The van der Waals surface area contributed by atoms with E-state index in [4.69, 9.17) is 0 Å². The minimum atomic E-state index is -0.884. The van der Waals surface area contributed by atoms with Crippen molar-refractivity contribution in [3.63, 3.8) is 0 Å². The summed E-state index contributed by atoms with van der Waals surface area (Å²) in [4.78, 5) is 13.6. The highest BCUT2D eigenvalue weighted by Crippen LogP contribution is 2.35. The third kappa shape index (κ3) is 2.35. The fourth-order valence-electron chi connectivity index (χ4n) is 2.41. The minimum Gasteiger partial charge on any atom is -0.477 e. The van der Waals surface area contributed by atoms with E-state index in [1.807, 2.05) is 7.05 Å². The monoisotopic (exact) mass is 251 g/mol. The number of carboxylic acid groups (broad SMARTS) is 1. The molecule has 0 amide bonds. The van der Waals surface area contributed by atoms with E-state index >= 15 is 0 Å². The average molecular weight is 251 g/mol. The van der Waals surface area contributed by atoms with Crippen LogP contribution in [-0.2, 0) is 7.05 Å². The maximum Gasteiger partial charge on any atom is 0.341 e. The van der Waals surface area contributed by atoms with Crippen molar-refractivity contribution in [2.75, 3.05) is 11.4 Å². The van der Waals surface area contributed by atoms with E-state index in [-0.39, 0.29) is 0 Å². The van der Waals surface area contributed by atoms with Crippen LogP contribution in [-0.4, -0.2) is 33.4 Å². The van der Waals surface area contributed by atoms with Gasteiger partial charge in [0.05, 0.1) is 5.69 Å². The zero-order valence-corrected chi connectivity index (χ0v) is 11.5. The molecule has 1 aromatic rings. The molecule has 0 aliphatic heterocycles. The van der Waals surface area contributed by atoms with Gasteiger partial charge in [0, 0.05) is 19.6 Å². The highest BCUT2D eigenvalue weighted by atomic mass is 16.4. The van der Waals surface area contributed by atoms with Crippen molar-refractivity contribution in [2.45, 2.75) is 39.7 Å². The highest BCUT2D eigenvalue weighted by molar-refractivity contribution is 5.95. The average Bonchev–Trinajstić information content (AvgIpc) is 3.00. The van der Waals surface area contributed by atoms with E-state index in [0.717, 1.165) is 25.2 Å². The number of aryl methyl sites for hydroxylation is 2. The van der Waals surface area contributed by atoms with Crippen LogP contribution in [0.2, 0.25) is 0 Å². The SMILES string of the molecule is Cc1nn(C)c(N(CC(C)C)C2CC2)c1C(=O)O. The Morgan fingerprint density at radius 1 is 1.56 bits per heavy atom. The van der Waals surface area contributed by atoms with Gasteiger partial charge in [-0.3, -0.25) is 4.68 Å². The first-order chi connectivity index (χ1) is 8.41. The molecule has 5 nitrogen and oxygen atoms in total. The molecule has 2 rings (SSSR count). The van der Waals surface area contributed by atoms with E-state index in [9.17, 15) is 9.90 Å². The van der Waals surface area contributed by atoms with Gasteiger partial charge in [-0.25, -0.2) is 4.79 Å². The van der Waals surface area contributed by atoms with Gasteiger partial charge in [0.15, 0.2) is 0 Å². The molecule has 1 heterocycles. The third-order valence-corrected chi connectivity index (χ3v) is 3.23. The summed E-state index contributed by atoms with van der Waals surface area (Å²) in [6, 6.07) is 0.486. The molecule has 1 aliphatic rings. The second-order valence-electron chi connectivity index (χ2n) is 5.49. The summed E-state index contributed by atoms with van der Waals surface area (Å²) >= 11 is 0. The first kappa shape index (κ1) is 12.9. The third-order valence-electron chi connectivity index (χ3n) is 3.23. The molecule has 5 heteroatoms. The summed E-state index contributed by atoms with van der Waals surface area (Å²) in [6.07, 6.45) is 2.30. The second kappa shape index (κ2) is 4.63. The maximum atomic E-state index is 11.4. The molecular weight excluding hydrogens is 230 g/mol. The molecule has 1 N–H and O–H groups in total. The largest absolute Gasteiger partial charge is 0.477 e. The maximum absolute atomic E-state index is 11.4. The van der Waals surface area contributed by atoms with Crippen LogP contribution in [0.5, 0.6) is 0 Å². The molecule has 0 unspecified atom stereocenters. The molecule has 1 fully saturated rings. The summed E-state index contributed by atoms with van der Waals surface area (Å²) < 4.78 is 1.71. The molecular formula is C13H21N3O2. The molecule has 1 aromatic heterocycles.